The third kappa shape index (κ3) is 9.71. The van der Waals surface area contributed by atoms with Gasteiger partial charge in [-0.1, -0.05) is 13.8 Å². The highest BCUT2D eigenvalue weighted by Gasteiger charge is 2.27. The van der Waals surface area contributed by atoms with E-state index in [4.69, 9.17) is 10.8 Å². The second-order valence-corrected chi connectivity index (χ2v) is 7.35. The van der Waals surface area contributed by atoms with Gasteiger partial charge in [-0.2, -0.15) is 0 Å². The molecular formula is C18H28N6O7. The van der Waals surface area contributed by atoms with E-state index in [-0.39, 0.29) is 18.8 Å². The predicted octanol–water partition coefficient (Wildman–Crippen LogP) is -2.03. The molecule has 8 N–H and O–H groups in total. The van der Waals surface area contributed by atoms with Gasteiger partial charge in [0.2, 0.25) is 17.7 Å². The molecule has 1 heterocycles. The second kappa shape index (κ2) is 12.3. The number of aromatic amines is 1. The van der Waals surface area contributed by atoms with Gasteiger partial charge in [0.15, 0.2) is 0 Å². The number of hydrogen-bond acceptors (Lipinski definition) is 7. The fourth-order valence-corrected chi connectivity index (χ4v) is 2.61. The van der Waals surface area contributed by atoms with Crippen LogP contribution in [0.2, 0.25) is 0 Å². The molecule has 3 unspecified atom stereocenters. The van der Waals surface area contributed by atoms with Crippen molar-refractivity contribution in [2.75, 3.05) is 6.54 Å². The van der Waals surface area contributed by atoms with Crippen molar-refractivity contribution >= 4 is 29.7 Å². The van der Waals surface area contributed by atoms with E-state index in [9.17, 15) is 29.1 Å². The first-order chi connectivity index (χ1) is 14.5. The van der Waals surface area contributed by atoms with Crippen LogP contribution in [0.4, 0.5) is 0 Å². The molecule has 0 aliphatic rings. The van der Waals surface area contributed by atoms with Gasteiger partial charge in [0.25, 0.3) is 0 Å². The number of imidazole rings is 1. The minimum absolute atomic E-state index is 0.0237. The maximum Gasteiger partial charge on any atom is 0.326 e. The average molecular weight is 440 g/mol. The fraction of sp³-hybridized carbons (Fsp3) is 0.556. The summed E-state index contributed by atoms with van der Waals surface area (Å²) >= 11 is 0. The van der Waals surface area contributed by atoms with Crippen LogP contribution < -0.4 is 21.7 Å². The summed E-state index contributed by atoms with van der Waals surface area (Å²) in [6.07, 6.45) is 2.37. The van der Waals surface area contributed by atoms with Gasteiger partial charge in [-0.25, -0.2) is 9.78 Å². The number of aromatic nitrogens is 2. The van der Waals surface area contributed by atoms with Gasteiger partial charge in [-0.15, -0.1) is 0 Å². The molecule has 13 nitrogen and oxygen atoms in total. The summed E-state index contributed by atoms with van der Waals surface area (Å²) in [5.41, 5.74) is 6.02. The van der Waals surface area contributed by atoms with E-state index in [1.807, 2.05) is 13.8 Å². The summed E-state index contributed by atoms with van der Waals surface area (Å²) in [6, 6.07) is -3.64. The van der Waals surface area contributed by atoms with Gasteiger partial charge in [0.05, 0.1) is 25.3 Å². The number of carboxylic acid groups (broad SMARTS) is 2. The molecule has 0 radical (unpaired) electrons. The summed E-state index contributed by atoms with van der Waals surface area (Å²) in [7, 11) is 0. The molecule has 3 amide bonds. The Hall–Kier alpha value is -3.48. The van der Waals surface area contributed by atoms with Gasteiger partial charge in [0, 0.05) is 18.3 Å². The van der Waals surface area contributed by atoms with Crippen LogP contribution in [-0.2, 0) is 30.4 Å². The molecule has 0 aliphatic carbocycles. The molecule has 0 saturated heterocycles. The van der Waals surface area contributed by atoms with E-state index in [0.717, 1.165) is 0 Å². The molecule has 31 heavy (non-hydrogen) atoms. The zero-order valence-corrected chi connectivity index (χ0v) is 17.3. The molecule has 0 aromatic carbocycles. The highest BCUT2D eigenvalue weighted by atomic mass is 16.4. The minimum Gasteiger partial charge on any atom is -0.481 e. The van der Waals surface area contributed by atoms with Crippen LogP contribution >= 0.6 is 0 Å². The maximum absolute atomic E-state index is 12.5. The van der Waals surface area contributed by atoms with E-state index >= 15 is 0 Å². The average Bonchev–Trinajstić information content (AvgIpc) is 3.17. The lowest BCUT2D eigenvalue weighted by Gasteiger charge is -2.20. The molecular weight excluding hydrogens is 412 g/mol. The van der Waals surface area contributed by atoms with E-state index in [1.54, 1.807) is 0 Å². The Kier molecular flexibility index (Phi) is 10.1. The molecule has 13 heteroatoms. The molecule has 0 fully saturated rings. The number of amides is 3. The van der Waals surface area contributed by atoms with Crippen molar-refractivity contribution in [1.82, 2.24) is 25.9 Å². The van der Waals surface area contributed by atoms with Crippen LogP contribution in [-0.4, -0.2) is 74.5 Å². The van der Waals surface area contributed by atoms with Crippen LogP contribution in [0.15, 0.2) is 12.5 Å². The normalized spacial score (nSPS) is 13.7. The van der Waals surface area contributed by atoms with Gasteiger partial charge in [-0.3, -0.25) is 19.2 Å². The number of nitrogens with zero attached hydrogens (tertiary/aromatic N) is 1. The molecule has 3 atom stereocenters. The Bertz CT molecular complexity index is 780. The number of aliphatic carboxylic acids is 2. The van der Waals surface area contributed by atoms with Crippen LogP contribution in [0, 0.1) is 5.92 Å². The van der Waals surface area contributed by atoms with E-state index in [0.29, 0.717) is 5.69 Å². The first kappa shape index (κ1) is 25.6. The van der Waals surface area contributed by atoms with Crippen molar-refractivity contribution in [1.29, 1.82) is 0 Å². The lowest BCUT2D eigenvalue weighted by atomic mass is 10.0. The number of H-pyrrole nitrogens is 1. The Balaban J connectivity index is 2.73. The van der Waals surface area contributed by atoms with Gasteiger partial charge in [-0.05, 0) is 12.3 Å². The summed E-state index contributed by atoms with van der Waals surface area (Å²) in [5, 5.41) is 24.9. The van der Waals surface area contributed by atoms with Crippen molar-refractivity contribution in [3.8, 4) is 0 Å². The predicted molar refractivity (Wildman–Crippen MR) is 106 cm³/mol. The fourth-order valence-electron chi connectivity index (χ4n) is 2.61. The lowest BCUT2D eigenvalue weighted by molar-refractivity contribution is -0.142. The molecule has 1 aromatic rings. The van der Waals surface area contributed by atoms with Crippen molar-refractivity contribution in [3.05, 3.63) is 18.2 Å². The van der Waals surface area contributed by atoms with Crippen LogP contribution in [0.1, 0.15) is 32.4 Å². The Labute approximate surface area is 178 Å². The molecule has 172 valence electrons. The first-order valence-electron chi connectivity index (χ1n) is 9.54. The largest absolute Gasteiger partial charge is 0.481 e. The van der Waals surface area contributed by atoms with Crippen LogP contribution in [0.3, 0.4) is 0 Å². The number of carbonyl (C=O) groups excluding carboxylic acids is 3. The number of hydrogen-bond donors (Lipinski definition) is 7. The van der Waals surface area contributed by atoms with Gasteiger partial charge in [0.1, 0.15) is 12.1 Å². The quantitative estimate of drug-likeness (QED) is 0.180. The third-order valence-electron chi connectivity index (χ3n) is 4.11. The third-order valence-corrected chi connectivity index (χ3v) is 4.11. The molecule has 0 saturated carbocycles. The summed E-state index contributed by atoms with van der Waals surface area (Å²) in [4.78, 5) is 65.3. The topological polar surface area (TPSA) is 217 Å². The van der Waals surface area contributed by atoms with E-state index in [1.165, 1.54) is 12.5 Å². The summed E-state index contributed by atoms with van der Waals surface area (Å²) in [5.74, 6) is -4.74. The van der Waals surface area contributed by atoms with Crippen LogP contribution in [0.25, 0.3) is 0 Å². The molecule has 1 rings (SSSR count). The zero-order chi connectivity index (χ0) is 23.6. The van der Waals surface area contributed by atoms with Crippen molar-refractivity contribution in [2.45, 2.75) is 51.2 Å². The van der Waals surface area contributed by atoms with Crippen molar-refractivity contribution < 1.29 is 34.2 Å². The standard InChI is InChI=1S/C18H28N6O7/c1-9(2)3-13(18(30)31)23-14(25)7-21-17(29)12(4-10-6-20-8-22-10)24-16(28)11(19)5-15(26)27/h6,8-9,11-13H,3-5,7,19H2,1-2H3,(H,20,22)(H,21,29)(H,23,25)(H,24,28)(H,26,27)(H,30,31). The van der Waals surface area contributed by atoms with Crippen molar-refractivity contribution in [2.24, 2.45) is 11.7 Å². The lowest BCUT2D eigenvalue weighted by Crippen LogP contribution is -2.54. The maximum atomic E-state index is 12.5. The van der Waals surface area contributed by atoms with Gasteiger partial charge < -0.3 is 36.9 Å². The highest BCUT2D eigenvalue weighted by molar-refractivity contribution is 5.93. The Morgan fingerprint density at radius 1 is 1.10 bits per heavy atom. The van der Waals surface area contributed by atoms with Crippen molar-refractivity contribution in [3.63, 3.8) is 0 Å². The smallest absolute Gasteiger partial charge is 0.326 e. The highest BCUT2D eigenvalue weighted by Crippen LogP contribution is 2.05. The second-order valence-electron chi connectivity index (χ2n) is 7.35. The SMILES string of the molecule is CC(C)CC(NC(=O)CNC(=O)C(Cc1cnc[nH]1)NC(=O)C(N)CC(=O)O)C(=O)O. The number of carbonyl (C=O) groups is 5. The summed E-state index contributed by atoms with van der Waals surface area (Å²) in [6.45, 7) is 3.10. The number of rotatable bonds is 13. The monoisotopic (exact) mass is 440 g/mol. The molecule has 0 aliphatic heterocycles. The Morgan fingerprint density at radius 2 is 1.77 bits per heavy atom. The molecule has 0 spiro atoms. The first-order valence-corrected chi connectivity index (χ1v) is 9.54. The molecule has 1 aromatic heterocycles. The minimum atomic E-state index is -1.37. The Morgan fingerprint density at radius 3 is 2.29 bits per heavy atom. The van der Waals surface area contributed by atoms with E-state index in [2.05, 4.69) is 25.9 Å². The van der Waals surface area contributed by atoms with E-state index < -0.39 is 60.8 Å². The van der Waals surface area contributed by atoms with Gasteiger partial charge >= 0.3 is 11.9 Å². The summed E-state index contributed by atoms with van der Waals surface area (Å²) < 4.78 is 0. The zero-order valence-electron chi connectivity index (χ0n) is 17.3. The number of nitrogens with two attached hydrogens (primary N) is 1. The number of carboxylic acids is 2. The molecule has 0 bridgehead atoms. The number of nitrogens with one attached hydrogen (secondary N) is 4. The van der Waals surface area contributed by atoms with Crippen LogP contribution in [0.5, 0.6) is 0 Å².